The van der Waals surface area contributed by atoms with Gasteiger partial charge >= 0.3 is 0 Å². The van der Waals surface area contributed by atoms with E-state index < -0.39 is 10.0 Å². The Morgan fingerprint density at radius 1 is 1.38 bits per heavy atom. The highest BCUT2D eigenvalue weighted by atomic mass is 32.2. The number of amides is 1. The summed E-state index contributed by atoms with van der Waals surface area (Å²) in [6.07, 6.45) is 1.65. The van der Waals surface area contributed by atoms with E-state index >= 15 is 0 Å². The van der Waals surface area contributed by atoms with Gasteiger partial charge < -0.3 is 10.6 Å². The molecule has 2 atom stereocenters. The van der Waals surface area contributed by atoms with Gasteiger partial charge in [0.2, 0.25) is 15.9 Å². The van der Waals surface area contributed by atoms with Gasteiger partial charge in [0, 0.05) is 43.1 Å². The smallest absolute Gasteiger partial charge is 0.223 e. The van der Waals surface area contributed by atoms with Crippen molar-refractivity contribution < 1.29 is 13.2 Å². The number of hydrogen-bond donors (Lipinski definition) is 2. The van der Waals surface area contributed by atoms with Crippen LogP contribution in [0, 0.1) is 5.92 Å². The van der Waals surface area contributed by atoms with Crippen molar-refractivity contribution in [2.75, 3.05) is 43.4 Å². The third-order valence-electron chi connectivity index (χ3n) is 4.02. The summed E-state index contributed by atoms with van der Waals surface area (Å²) >= 11 is 1.78. The molecule has 2 heterocycles. The van der Waals surface area contributed by atoms with Crippen LogP contribution in [0.15, 0.2) is 0 Å². The Labute approximate surface area is 131 Å². The Morgan fingerprint density at radius 3 is 2.76 bits per heavy atom. The van der Waals surface area contributed by atoms with Crippen LogP contribution in [0.3, 0.4) is 0 Å². The van der Waals surface area contributed by atoms with Crippen molar-refractivity contribution in [3.8, 4) is 0 Å². The average Bonchev–Trinajstić information content (AvgIpc) is 2.48. The molecule has 122 valence electrons. The summed E-state index contributed by atoms with van der Waals surface area (Å²) in [4.78, 5) is 12.1. The van der Waals surface area contributed by atoms with Gasteiger partial charge in [0.15, 0.2) is 0 Å². The fourth-order valence-corrected chi connectivity index (χ4v) is 5.26. The molecule has 2 aliphatic rings. The minimum absolute atomic E-state index is 0.00390. The Balaban J connectivity index is 1.74. The van der Waals surface area contributed by atoms with E-state index in [1.165, 1.54) is 0 Å². The van der Waals surface area contributed by atoms with Crippen LogP contribution in [0.4, 0.5) is 0 Å². The van der Waals surface area contributed by atoms with Crippen molar-refractivity contribution in [3.05, 3.63) is 0 Å². The molecule has 1 amide bonds. The molecule has 21 heavy (non-hydrogen) atoms. The maximum atomic E-state index is 12.2. The quantitative estimate of drug-likeness (QED) is 0.732. The van der Waals surface area contributed by atoms with Gasteiger partial charge in [-0.25, -0.2) is 12.7 Å². The molecule has 2 fully saturated rings. The molecule has 0 spiro atoms. The van der Waals surface area contributed by atoms with Gasteiger partial charge in [0.05, 0.1) is 5.75 Å². The zero-order valence-electron chi connectivity index (χ0n) is 12.5. The summed E-state index contributed by atoms with van der Waals surface area (Å²) in [6.45, 7) is 4.31. The SMILES string of the molecule is C[C@H]1C[C@@H](C(=O)NCCS(=O)(=O)N2CCSCC2)CCN1. The van der Waals surface area contributed by atoms with Gasteiger partial charge in [-0.2, -0.15) is 11.8 Å². The predicted octanol–water partition coefficient (Wildman–Crippen LogP) is -0.131. The van der Waals surface area contributed by atoms with Crippen LogP contribution < -0.4 is 10.6 Å². The summed E-state index contributed by atoms with van der Waals surface area (Å²) in [5.74, 6) is 1.73. The van der Waals surface area contributed by atoms with Crippen molar-refractivity contribution in [1.29, 1.82) is 0 Å². The van der Waals surface area contributed by atoms with Gasteiger partial charge in [0.25, 0.3) is 0 Å². The number of carbonyl (C=O) groups excluding carboxylic acids is 1. The van der Waals surface area contributed by atoms with Crippen molar-refractivity contribution >= 4 is 27.7 Å². The maximum absolute atomic E-state index is 12.2. The highest BCUT2D eigenvalue weighted by molar-refractivity contribution is 7.99. The summed E-state index contributed by atoms with van der Waals surface area (Å²) < 4.78 is 25.8. The molecule has 0 aliphatic carbocycles. The van der Waals surface area contributed by atoms with Gasteiger partial charge in [-0.1, -0.05) is 0 Å². The Hall–Kier alpha value is -0.310. The maximum Gasteiger partial charge on any atom is 0.223 e. The summed E-state index contributed by atoms with van der Waals surface area (Å²) in [5.41, 5.74) is 0. The number of nitrogens with zero attached hydrogens (tertiary/aromatic N) is 1. The molecule has 2 N–H and O–H groups in total. The second kappa shape index (κ2) is 7.80. The zero-order chi connectivity index (χ0) is 15.3. The summed E-state index contributed by atoms with van der Waals surface area (Å²) in [7, 11) is -3.23. The highest BCUT2D eigenvalue weighted by Gasteiger charge is 2.26. The Kier molecular flexibility index (Phi) is 6.34. The molecule has 0 saturated carbocycles. The molecule has 0 aromatic carbocycles. The van der Waals surface area contributed by atoms with Crippen LogP contribution in [-0.2, 0) is 14.8 Å². The molecule has 2 rings (SSSR count). The number of carbonyl (C=O) groups is 1. The zero-order valence-corrected chi connectivity index (χ0v) is 14.1. The van der Waals surface area contributed by atoms with Crippen LogP contribution in [0.5, 0.6) is 0 Å². The topological polar surface area (TPSA) is 78.5 Å². The van der Waals surface area contributed by atoms with Crippen LogP contribution in [0.1, 0.15) is 19.8 Å². The summed E-state index contributed by atoms with van der Waals surface area (Å²) in [5, 5.41) is 6.10. The molecule has 0 unspecified atom stereocenters. The van der Waals surface area contributed by atoms with Crippen LogP contribution in [0.2, 0.25) is 0 Å². The largest absolute Gasteiger partial charge is 0.355 e. The first-order valence-corrected chi connectivity index (χ1v) is 10.3. The normalized spacial score (nSPS) is 28.2. The monoisotopic (exact) mass is 335 g/mol. The highest BCUT2D eigenvalue weighted by Crippen LogP contribution is 2.16. The van der Waals surface area contributed by atoms with Crippen molar-refractivity contribution in [3.63, 3.8) is 0 Å². The Morgan fingerprint density at radius 2 is 2.10 bits per heavy atom. The standard InChI is InChI=1S/C13H25N3O3S2/c1-11-10-12(2-3-14-11)13(17)15-4-9-21(18,19)16-5-7-20-8-6-16/h11-12,14H,2-10H2,1H3,(H,15,17)/t11-,12-/m0/s1. The first-order chi connectivity index (χ1) is 9.99. The third kappa shape index (κ3) is 5.12. The predicted molar refractivity (Wildman–Crippen MR) is 85.9 cm³/mol. The second-order valence-corrected chi connectivity index (χ2v) is 9.01. The van der Waals surface area contributed by atoms with Gasteiger partial charge in [-0.05, 0) is 26.3 Å². The lowest BCUT2D eigenvalue weighted by Gasteiger charge is -2.28. The molecule has 0 radical (unpaired) electrons. The van der Waals surface area contributed by atoms with E-state index in [0.29, 0.717) is 19.1 Å². The molecule has 0 aromatic rings. The van der Waals surface area contributed by atoms with E-state index in [1.807, 2.05) is 0 Å². The number of thioether (sulfide) groups is 1. The average molecular weight is 335 g/mol. The van der Waals surface area contributed by atoms with E-state index in [1.54, 1.807) is 16.1 Å². The van der Waals surface area contributed by atoms with Crippen LogP contribution >= 0.6 is 11.8 Å². The number of hydrogen-bond acceptors (Lipinski definition) is 5. The van der Waals surface area contributed by atoms with Gasteiger partial charge in [0.1, 0.15) is 0 Å². The number of rotatable bonds is 5. The van der Waals surface area contributed by atoms with Crippen LogP contribution in [0.25, 0.3) is 0 Å². The lowest BCUT2D eigenvalue weighted by atomic mass is 9.92. The van der Waals surface area contributed by atoms with E-state index in [-0.39, 0.29) is 24.1 Å². The van der Waals surface area contributed by atoms with E-state index in [2.05, 4.69) is 17.6 Å². The second-order valence-electron chi connectivity index (χ2n) is 5.69. The fourth-order valence-electron chi connectivity index (χ4n) is 2.77. The minimum Gasteiger partial charge on any atom is -0.355 e. The Bertz CT molecular complexity index is 450. The summed E-state index contributed by atoms with van der Waals surface area (Å²) in [6, 6.07) is 0.351. The molecule has 8 heteroatoms. The minimum atomic E-state index is -3.23. The molecular formula is C13H25N3O3S2. The van der Waals surface area contributed by atoms with E-state index in [4.69, 9.17) is 0 Å². The van der Waals surface area contributed by atoms with Crippen molar-refractivity contribution in [2.24, 2.45) is 5.92 Å². The lowest BCUT2D eigenvalue weighted by Crippen LogP contribution is -2.45. The third-order valence-corrected chi connectivity index (χ3v) is 6.83. The van der Waals surface area contributed by atoms with Gasteiger partial charge in [-0.15, -0.1) is 0 Å². The lowest BCUT2D eigenvalue weighted by molar-refractivity contribution is -0.125. The van der Waals surface area contributed by atoms with E-state index in [9.17, 15) is 13.2 Å². The van der Waals surface area contributed by atoms with Crippen molar-refractivity contribution in [2.45, 2.75) is 25.8 Å². The number of sulfonamides is 1. The number of nitrogens with one attached hydrogen (secondary N) is 2. The van der Waals surface area contributed by atoms with E-state index in [0.717, 1.165) is 30.9 Å². The first-order valence-electron chi connectivity index (χ1n) is 7.56. The molecule has 6 nitrogen and oxygen atoms in total. The molecule has 0 bridgehead atoms. The molecule has 2 saturated heterocycles. The molecular weight excluding hydrogens is 310 g/mol. The fraction of sp³-hybridized carbons (Fsp3) is 0.923. The van der Waals surface area contributed by atoms with Gasteiger partial charge in [-0.3, -0.25) is 4.79 Å². The molecule has 0 aromatic heterocycles. The first kappa shape index (κ1) is 17.1. The molecule has 2 aliphatic heterocycles. The van der Waals surface area contributed by atoms with Crippen molar-refractivity contribution in [1.82, 2.24) is 14.9 Å². The van der Waals surface area contributed by atoms with Crippen LogP contribution in [-0.4, -0.2) is 68.1 Å². The number of piperidine rings is 1.